The molecule has 0 saturated heterocycles. The summed E-state index contributed by atoms with van der Waals surface area (Å²) in [4.78, 5) is 32.4. The predicted octanol–water partition coefficient (Wildman–Crippen LogP) is 1.37. The topological polar surface area (TPSA) is 101 Å². The van der Waals surface area contributed by atoms with Gasteiger partial charge < -0.3 is 10.1 Å². The summed E-state index contributed by atoms with van der Waals surface area (Å²) in [6, 6.07) is 8.99. The summed E-state index contributed by atoms with van der Waals surface area (Å²) >= 11 is 0. The highest BCUT2D eigenvalue weighted by atomic mass is 16.5. The first-order chi connectivity index (χ1) is 12.4. The molecule has 136 valence electrons. The number of fused-ring (bicyclic) bond motifs is 1. The fourth-order valence-electron chi connectivity index (χ4n) is 2.53. The minimum Gasteiger partial charge on any atom is -0.491 e. The van der Waals surface area contributed by atoms with Gasteiger partial charge in [-0.05, 0) is 38.5 Å². The van der Waals surface area contributed by atoms with Gasteiger partial charge in [0.1, 0.15) is 11.6 Å². The zero-order valence-corrected chi connectivity index (χ0v) is 14.9. The first-order valence-corrected chi connectivity index (χ1v) is 8.38. The molecular weight excluding hydrogens is 334 g/mol. The Morgan fingerprint density at radius 1 is 1.31 bits per heavy atom. The average molecular weight is 355 g/mol. The molecule has 2 heterocycles. The Morgan fingerprint density at radius 2 is 2.12 bits per heavy atom. The maximum Gasteiger partial charge on any atom is 0.274 e. The van der Waals surface area contributed by atoms with E-state index in [1.54, 1.807) is 6.92 Å². The molecule has 0 radical (unpaired) electrons. The molecule has 26 heavy (non-hydrogen) atoms. The van der Waals surface area contributed by atoms with Crippen LogP contribution in [0.2, 0.25) is 0 Å². The summed E-state index contributed by atoms with van der Waals surface area (Å²) in [6.45, 7) is 6.03. The molecular formula is C18H21N5O3. The van der Waals surface area contributed by atoms with E-state index < -0.39 is 0 Å². The number of aryl methyl sites for hydroxylation is 1. The van der Waals surface area contributed by atoms with Crippen LogP contribution in [-0.2, 0) is 17.8 Å². The molecule has 0 aliphatic carbocycles. The lowest BCUT2D eigenvalue weighted by Gasteiger charge is -2.11. The van der Waals surface area contributed by atoms with Crippen LogP contribution in [0.4, 0.5) is 0 Å². The summed E-state index contributed by atoms with van der Waals surface area (Å²) in [5, 5.41) is 5.64. The van der Waals surface area contributed by atoms with Gasteiger partial charge in [-0.3, -0.25) is 14.7 Å². The van der Waals surface area contributed by atoms with Gasteiger partial charge in [-0.1, -0.05) is 12.1 Å². The van der Waals surface area contributed by atoms with Crippen LogP contribution in [0.1, 0.15) is 30.9 Å². The molecule has 8 heteroatoms. The van der Waals surface area contributed by atoms with Gasteiger partial charge in [0.2, 0.25) is 5.91 Å². The molecule has 2 N–H and O–H groups in total. The third-order valence-electron chi connectivity index (χ3n) is 3.59. The number of H-pyrrole nitrogens is 1. The molecule has 2 aromatic heterocycles. The Bertz CT molecular complexity index is 990. The second kappa shape index (κ2) is 7.38. The number of nitrogens with zero attached hydrogens (tertiary/aromatic N) is 3. The number of rotatable bonds is 6. The van der Waals surface area contributed by atoms with Crippen molar-refractivity contribution in [1.82, 2.24) is 24.9 Å². The van der Waals surface area contributed by atoms with E-state index in [0.717, 1.165) is 11.3 Å². The van der Waals surface area contributed by atoms with Crippen molar-refractivity contribution >= 4 is 11.7 Å². The number of carbonyl (C=O) groups is 1. The molecule has 1 amide bonds. The standard InChI is InChI=1S/C18H21N5O3/c1-11(2)26-14-6-4-5-13(8-14)10-19-16(24)9-15-21-18-20-12(3)7-17(25)23(18)22-15/h4-8,11H,9-10H2,1-3H3,(H,19,24)(H,20,21,22). The van der Waals surface area contributed by atoms with Gasteiger partial charge in [0, 0.05) is 18.3 Å². The Balaban J connectivity index is 1.63. The Morgan fingerprint density at radius 3 is 2.88 bits per heavy atom. The van der Waals surface area contributed by atoms with Crippen molar-refractivity contribution in [3.63, 3.8) is 0 Å². The van der Waals surface area contributed by atoms with E-state index >= 15 is 0 Å². The smallest absolute Gasteiger partial charge is 0.274 e. The largest absolute Gasteiger partial charge is 0.491 e. The van der Waals surface area contributed by atoms with Crippen molar-refractivity contribution in [3.05, 3.63) is 57.8 Å². The SMILES string of the molecule is Cc1cc(=O)n2[nH]c(CC(=O)NCc3cccc(OC(C)C)c3)nc2n1. The van der Waals surface area contributed by atoms with Crippen LogP contribution in [0.5, 0.6) is 5.75 Å². The quantitative estimate of drug-likeness (QED) is 0.695. The number of aromatic amines is 1. The number of hydrogen-bond donors (Lipinski definition) is 2. The molecule has 0 fully saturated rings. The van der Waals surface area contributed by atoms with Gasteiger partial charge in [0.15, 0.2) is 0 Å². The van der Waals surface area contributed by atoms with Crippen molar-refractivity contribution in [3.8, 4) is 5.75 Å². The van der Waals surface area contributed by atoms with Gasteiger partial charge in [0.25, 0.3) is 11.3 Å². The molecule has 0 unspecified atom stereocenters. The summed E-state index contributed by atoms with van der Waals surface area (Å²) in [5.41, 5.74) is 1.27. The second-order valence-electron chi connectivity index (χ2n) is 6.31. The normalized spacial score (nSPS) is 11.1. The van der Waals surface area contributed by atoms with Crippen molar-refractivity contribution in [2.75, 3.05) is 0 Å². The van der Waals surface area contributed by atoms with Crippen molar-refractivity contribution in [1.29, 1.82) is 0 Å². The van der Waals surface area contributed by atoms with Crippen LogP contribution < -0.4 is 15.6 Å². The predicted molar refractivity (Wildman–Crippen MR) is 96.1 cm³/mol. The average Bonchev–Trinajstić information content (AvgIpc) is 2.95. The lowest BCUT2D eigenvalue weighted by Crippen LogP contribution is -2.25. The van der Waals surface area contributed by atoms with Crippen LogP contribution >= 0.6 is 0 Å². The van der Waals surface area contributed by atoms with Gasteiger partial charge in [-0.25, -0.2) is 4.98 Å². The first kappa shape index (κ1) is 17.7. The zero-order chi connectivity index (χ0) is 18.7. The molecule has 8 nitrogen and oxygen atoms in total. The number of ether oxygens (including phenoxy) is 1. The Hall–Kier alpha value is -3.16. The summed E-state index contributed by atoms with van der Waals surface area (Å²) in [7, 11) is 0. The Kier molecular flexibility index (Phi) is 5.01. The minimum absolute atomic E-state index is 0.0318. The van der Waals surface area contributed by atoms with Gasteiger partial charge in [0.05, 0.1) is 12.5 Å². The van der Waals surface area contributed by atoms with E-state index in [1.165, 1.54) is 10.6 Å². The second-order valence-corrected chi connectivity index (χ2v) is 6.31. The van der Waals surface area contributed by atoms with Crippen LogP contribution in [0, 0.1) is 6.92 Å². The summed E-state index contributed by atoms with van der Waals surface area (Å²) in [5.74, 6) is 1.21. The molecule has 0 spiro atoms. The molecule has 3 rings (SSSR count). The highest BCUT2D eigenvalue weighted by molar-refractivity contribution is 5.77. The van der Waals surface area contributed by atoms with Crippen molar-refractivity contribution in [2.24, 2.45) is 0 Å². The third kappa shape index (κ3) is 4.27. The van der Waals surface area contributed by atoms with Crippen molar-refractivity contribution < 1.29 is 9.53 Å². The minimum atomic E-state index is -0.256. The fourth-order valence-corrected chi connectivity index (χ4v) is 2.53. The molecule has 0 aliphatic rings. The number of carbonyl (C=O) groups excluding carboxylic acids is 1. The number of benzene rings is 1. The number of aromatic nitrogens is 4. The van der Waals surface area contributed by atoms with Gasteiger partial charge >= 0.3 is 0 Å². The van der Waals surface area contributed by atoms with E-state index in [1.807, 2.05) is 38.1 Å². The Labute approximate surface area is 150 Å². The van der Waals surface area contributed by atoms with E-state index in [9.17, 15) is 9.59 Å². The van der Waals surface area contributed by atoms with E-state index in [0.29, 0.717) is 18.1 Å². The van der Waals surface area contributed by atoms with Gasteiger partial charge in [-0.15, -0.1) is 0 Å². The van der Waals surface area contributed by atoms with E-state index in [4.69, 9.17) is 4.74 Å². The lowest BCUT2D eigenvalue weighted by molar-refractivity contribution is -0.120. The highest BCUT2D eigenvalue weighted by Gasteiger charge is 2.10. The van der Waals surface area contributed by atoms with Crippen LogP contribution in [0.15, 0.2) is 35.1 Å². The first-order valence-electron chi connectivity index (χ1n) is 8.38. The van der Waals surface area contributed by atoms with Gasteiger partial charge in [-0.2, -0.15) is 9.50 Å². The number of hydrogen-bond acceptors (Lipinski definition) is 5. The molecule has 0 atom stereocenters. The summed E-state index contributed by atoms with van der Waals surface area (Å²) < 4.78 is 6.87. The maximum atomic E-state index is 12.2. The van der Waals surface area contributed by atoms with Crippen molar-refractivity contribution in [2.45, 2.75) is 39.8 Å². The number of nitrogens with one attached hydrogen (secondary N) is 2. The number of amides is 1. The molecule has 0 aliphatic heterocycles. The monoisotopic (exact) mass is 355 g/mol. The van der Waals surface area contributed by atoms with Crippen LogP contribution in [0.3, 0.4) is 0 Å². The molecule has 3 aromatic rings. The maximum absolute atomic E-state index is 12.2. The van der Waals surface area contributed by atoms with Crippen LogP contribution in [-0.4, -0.2) is 31.6 Å². The van der Waals surface area contributed by atoms with E-state index in [2.05, 4.69) is 20.4 Å². The van der Waals surface area contributed by atoms with E-state index in [-0.39, 0.29) is 29.8 Å². The highest BCUT2D eigenvalue weighted by Crippen LogP contribution is 2.14. The fraction of sp³-hybridized carbons (Fsp3) is 0.333. The zero-order valence-electron chi connectivity index (χ0n) is 14.9. The molecule has 0 bridgehead atoms. The summed E-state index contributed by atoms with van der Waals surface area (Å²) in [6.07, 6.45) is 0.123. The van der Waals surface area contributed by atoms with Crippen LogP contribution in [0.25, 0.3) is 5.78 Å². The molecule has 1 aromatic carbocycles. The molecule has 0 saturated carbocycles. The lowest BCUT2D eigenvalue weighted by atomic mass is 10.2. The third-order valence-corrected chi connectivity index (χ3v) is 3.59.